The molecule has 1 aromatic carbocycles. The lowest BCUT2D eigenvalue weighted by Crippen LogP contribution is -2.21. The van der Waals surface area contributed by atoms with Crippen molar-refractivity contribution in [1.82, 2.24) is 0 Å². The van der Waals surface area contributed by atoms with Crippen LogP contribution in [0, 0.1) is 5.92 Å². The van der Waals surface area contributed by atoms with Gasteiger partial charge in [-0.3, -0.25) is 4.79 Å². The molecule has 1 aromatic rings. The third-order valence-electron chi connectivity index (χ3n) is 5.34. The molecule has 0 spiro atoms. The second-order valence-corrected chi connectivity index (χ2v) is 11.1. The van der Waals surface area contributed by atoms with E-state index in [0.29, 0.717) is 24.0 Å². The van der Waals surface area contributed by atoms with E-state index >= 15 is 0 Å². The summed E-state index contributed by atoms with van der Waals surface area (Å²) in [5, 5.41) is 10.3. The first-order chi connectivity index (χ1) is 13.4. The van der Waals surface area contributed by atoms with Crippen LogP contribution in [0.5, 0.6) is 5.75 Å². The fourth-order valence-electron chi connectivity index (χ4n) is 3.54. The van der Waals surface area contributed by atoms with Gasteiger partial charge in [-0.25, -0.2) is 0 Å². The number of unbranched alkanes of at least 4 members (excludes halogenated alkanes) is 1. The molecule has 0 aliphatic carbocycles. The van der Waals surface area contributed by atoms with Gasteiger partial charge in [0.1, 0.15) is 5.75 Å². The maximum atomic E-state index is 12.3. The van der Waals surface area contributed by atoms with Crippen LogP contribution in [0.25, 0.3) is 0 Å². The van der Waals surface area contributed by atoms with Crippen LogP contribution >= 0.6 is 11.8 Å². The van der Waals surface area contributed by atoms with Crippen LogP contribution in [0.4, 0.5) is 0 Å². The van der Waals surface area contributed by atoms with Crippen LogP contribution in [0.2, 0.25) is 0 Å². The predicted octanol–water partition coefficient (Wildman–Crippen LogP) is 6.98. The summed E-state index contributed by atoms with van der Waals surface area (Å²) in [6.45, 7) is 17.9. The summed E-state index contributed by atoms with van der Waals surface area (Å²) in [7, 11) is 0. The van der Waals surface area contributed by atoms with Gasteiger partial charge in [0.15, 0.2) is 0 Å². The quantitative estimate of drug-likeness (QED) is 0.413. The van der Waals surface area contributed by atoms with Crippen LogP contribution in [0.1, 0.15) is 97.8 Å². The van der Waals surface area contributed by atoms with Crippen molar-refractivity contribution in [3.8, 4) is 5.75 Å². The molecule has 0 heterocycles. The SMILES string of the molecule is CCCCC(CC)COC(=O)CSCc1c(C(C)(C)C)cc(O)cc1C(C)(C)C. The summed E-state index contributed by atoms with van der Waals surface area (Å²) in [5.74, 6) is 1.75. The first-order valence-electron chi connectivity index (χ1n) is 11.0. The van der Waals surface area contributed by atoms with Crippen LogP contribution in [0.3, 0.4) is 0 Å². The number of esters is 1. The molecule has 0 bridgehead atoms. The number of ether oxygens (including phenoxy) is 1. The van der Waals surface area contributed by atoms with Crippen LogP contribution in [-0.4, -0.2) is 23.4 Å². The highest BCUT2D eigenvalue weighted by atomic mass is 32.2. The van der Waals surface area contributed by atoms with E-state index in [1.54, 1.807) is 11.8 Å². The van der Waals surface area contributed by atoms with Gasteiger partial charge in [-0.2, -0.15) is 0 Å². The molecular formula is C25H42O3S. The van der Waals surface area contributed by atoms with E-state index in [1.165, 1.54) is 18.4 Å². The Morgan fingerprint density at radius 3 is 2.07 bits per heavy atom. The minimum absolute atomic E-state index is 0.0806. The number of carbonyl (C=O) groups is 1. The molecule has 0 aliphatic heterocycles. The van der Waals surface area contributed by atoms with Crippen molar-refractivity contribution >= 4 is 17.7 Å². The van der Waals surface area contributed by atoms with E-state index in [1.807, 2.05) is 12.1 Å². The largest absolute Gasteiger partial charge is 0.508 e. The van der Waals surface area contributed by atoms with E-state index in [2.05, 4.69) is 55.4 Å². The molecule has 0 aliphatic rings. The molecule has 1 atom stereocenters. The van der Waals surface area contributed by atoms with E-state index in [-0.39, 0.29) is 16.8 Å². The highest BCUT2D eigenvalue weighted by Gasteiger charge is 2.26. The molecule has 0 saturated heterocycles. The molecule has 3 nitrogen and oxygen atoms in total. The number of benzene rings is 1. The number of carbonyl (C=O) groups excluding carboxylic acids is 1. The molecule has 1 N–H and O–H groups in total. The number of rotatable bonds is 10. The fourth-order valence-corrected chi connectivity index (χ4v) is 4.40. The second kappa shape index (κ2) is 11.3. The van der Waals surface area contributed by atoms with Gasteiger partial charge in [0, 0.05) is 5.75 Å². The van der Waals surface area contributed by atoms with E-state index in [9.17, 15) is 9.90 Å². The molecule has 166 valence electrons. The zero-order chi connectivity index (χ0) is 22.2. The van der Waals surface area contributed by atoms with Gasteiger partial charge in [-0.15, -0.1) is 11.8 Å². The minimum Gasteiger partial charge on any atom is -0.508 e. The van der Waals surface area contributed by atoms with Crippen molar-refractivity contribution in [3.63, 3.8) is 0 Å². The topological polar surface area (TPSA) is 46.5 Å². The lowest BCUT2D eigenvalue weighted by molar-refractivity contribution is -0.141. The summed E-state index contributed by atoms with van der Waals surface area (Å²) >= 11 is 1.60. The lowest BCUT2D eigenvalue weighted by atomic mass is 9.76. The smallest absolute Gasteiger partial charge is 0.315 e. The van der Waals surface area contributed by atoms with E-state index in [4.69, 9.17) is 4.74 Å². The lowest BCUT2D eigenvalue weighted by Gasteiger charge is -2.30. The van der Waals surface area contributed by atoms with Gasteiger partial charge in [-0.1, -0.05) is 74.7 Å². The Morgan fingerprint density at radius 1 is 1.07 bits per heavy atom. The molecule has 0 radical (unpaired) electrons. The standard InChI is InChI=1S/C25H42O3S/c1-9-11-12-18(10-2)15-28-23(27)17-29-16-20-21(24(3,4)5)13-19(26)14-22(20)25(6,7)8/h13-14,18,26H,9-12,15-17H2,1-8H3. The second-order valence-electron chi connectivity index (χ2n) is 10.1. The minimum atomic E-state index is -0.127. The van der Waals surface area contributed by atoms with E-state index < -0.39 is 0 Å². The zero-order valence-corrected chi connectivity index (χ0v) is 20.7. The van der Waals surface area contributed by atoms with Crippen molar-refractivity contribution in [2.45, 2.75) is 97.7 Å². The van der Waals surface area contributed by atoms with Crippen LogP contribution in [0.15, 0.2) is 12.1 Å². The highest BCUT2D eigenvalue weighted by molar-refractivity contribution is 7.99. The van der Waals surface area contributed by atoms with Gasteiger partial charge < -0.3 is 9.84 Å². The van der Waals surface area contributed by atoms with Crippen LogP contribution < -0.4 is 0 Å². The first-order valence-corrected chi connectivity index (χ1v) is 12.2. The Labute approximate surface area is 183 Å². The number of phenols is 1. The number of hydrogen-bond donors (Lipinski definition) is 1. The van der Waals surface area contributed by atoms with Gasteiger partial charge in [-0.05, 0) is 52.0 Å². The molecule has 0 amide bonds. The molecule has 0 aromatic heterocycles. The third kappa shape index (κ3) is 8.62. The van der Waals surface area contributed by atoms with Crippen molar-refractivity contribution < 1.29 is 14.6 Å². The Kier molecular flexibility index (Phi) is 10.1. The average molecular weight is 423 g/mol. The summed E-state index contributed by atoms with van der Waals surface area (Å²) in [6, 6.07) is 3.76. The summed E-state index contributed by atoms with van der Waals surface area (Å²) in [6.07, 6.45) is 4.55. The Balaban J connectivity index is 2.82. The highest BCUT2D eigenvalue weighted by Crippen LogP contribution is 2.38. The first kappa shape index (κ1) is 25.9. The summed E-state index contributed by atoms with van der Waals surface area (Å²) in [5.41, 5.74) is 3.36. The van der Waals surface area contributed by atoms with Crippen molar-refractivity contribution in [2.24, 2.45) is 5.92 Å². The maximum Gasteiger partial charge on any atom is 0.315 e. The summed E-state index contributed by atoms with van der Waals surface area (Å²) < 4.78 is 5.54. The van der Waals surface area contributed by atoms with Crippen molar-refractivity contribution in [3.05, 3.63) is 28.8 Å². The average Bonchev–Trinajstić information content (AvgIpc) is 2.61. The summed E-state index contributed by atoms with van der Waals surface area (Å²) in [4.78, 5) is 12.3. The monoisotopic (exact) mass is 422 g/mol. The molecular weight excluding hydrogens is 380 g/mol. The van der Waals surface area contributed by atoms with Crippen molar-refractivity contribution in [1.29, 1.82) is 0 Å². The molecule has 1 rings (SSSR count). The molecule has 4 heteroatoms. The Hall–Kier alpha value is -1.16. The number of aromatic hydroxyl groups is 1. The van der Waals surface area contributed by atoms with Gasteiger partial charge >= 0.3 is 5.97 Å². The van der Waals surface area contributed by atoms with Gasteiger partial charge in [0.05, 0.1) is 12.4 Å². The molecule has 1 unspecified atom stereocenters. The van der Waals surface area contributed by atoms with Crippen molar-refractivity contribution in [2.75, 3.05) is 12.4 Å². The number of hydrogen-bond acceptors (Lipinski definition) is 4. The molecule has 0 fully saturated rings. The number of thioether (sulfide) groups is 1. The van der Waals surface area contributed by atoms with Crippen LogP contribution in [-0.2, 0) is 26.1 Å². The predicted molar refractivity (Wildman–Crippen MR) is 126 cm³/mol. The Bertz CT molecular complexity index is 618. The third-order valence-corrected chi connectivity index (χ3v) is 6.27. The van der Waals surface area contributed by atoms with Gasteiger partial charge in [0.2, 0.25) is 0 Å². The molecule has 0 saturated carbocycles. The number of phenolic OH excluding ortho intramolecular Hbond substituents is 1. The maximum absolute atomic E-state index is 12.3. The zero-order valence-electron chi connectivity index (χ0n) is 19.9. The Morgan fingerprint density at radius 2 is 1.62 bits per heavy atom. The fraction of sp³-hybridized carbons (Fsp3) is 0.720. The molecule has 29 heavy (non-hydrogen) atoms. The van der Waals surface area contributed by atoms with Gasteiger partial charge in [0.25, 0.3) is 0 Å². The normalized spacial score (nSPS) is 13.4. The van der Waals surface area contributed by atoms with E-state index in [0.717, 1.165) is 29.7 Å².